The molecule has 0 aliphatic carbocycles. The van der Waals surface area contributed by atoms with Crippen LogP contribution in [0.4, 0.5) is 8.78 Å². The van der Waals surface area contributed by atoms with Gasteiger partial charge in [0.2, 0.25) is 6.79 Å². The molecule has 0 atom stereocenters. The van der Waals surface area contributed by atoms with Crippen LogP contribution in [-0.2, 0) is 0 Å². The molecular formula is C13H8F2O2. The number of ether oxygens (including phenoxy) is 2. The highest BCUT2D eigenvalue weighted by Crippen LogP contribution is 2.36. The van der Waals surface area contributed by atoms with Gasteiger partial charge in [0.15, 0.2) is 23.1 Å². The zero-order valence-corrected chi connectivity index (χ0v) is 8.74. The fraction of sp³-hybridized carbons (Fsp3) is 0.0769. The molecule has 0 radical (unpaired) electrons. The summed E-state index contributed by atoms with van der Waals surface area (Å²) >= 11 is 0. The van der Waals surface area contributed by atoms with Gasteiger partial charge in [-0.1, -0.05) is 18.2 Å². The predicted molar refractivity (Wildman–Crippen MR) is 57.9 cm³/mol. The first-order valence-electron chi connectivity index (χ1n) is 5.10. The molecule has 0 N–H and O–H groups in total. The van der Waals surface area contributed by atoms with Crippen molar-refractivity contribution in [1.29, 1.82) is 0 Å². The second kappa shape index (κ2) is 3.73. The SMILES string of the molecule is Fc1cccc(-c2ccc3c(c2)OCO3)c1F. The largest absolute Gasteiger partial charge is 0.454 e. The molecule has 0 bridgehead atoms. The Morgan fingerprint density at radius 1 is 0.941 bits per heavy atom. The monoisotopic (exact) mass is 234 g/mol. The molecule has 0 saturated heterocycles. The minimum Gasteiger partial charge on any atom is -0.454 e. The predicted octanol–water partition coefficient (Wildman–Crippen LogP) is 3.36. The van der Waals surface area contributed by atoms with E-state index in [1.165, 1.54) is 12.1 Å². The Kier molecular flexibility index (Phi) is 2.21. The molecule has 0 saturated carbocycles. The molecule has 86 valence electrons. The molecule has 2 nitrogen and oxygen atoms in total. The van der Waals surface area contributed by atoms with Gasteiger partial charge < -0.3 is 9.47 Å². The van der Waals surface area contributed by atoms with Gasteiger partial charge in [0.05, 0.1) is 0 Å². The lowest BCUT2D eigenvalue weighted by Gasteiger charge is -2.05. The topological polar surface area (TPSA) is 18.5 Å². The number of halogens is 2. The van der Waals surface area contributed by atoms with Gasteiger partial charge in [0.25, 0.3) is 0 Å². The summed E-state index contributed by atoms with van der Waals surface area (Å²) < 4.78 is 37.0. The lowest BCUT2D eigenvalue weighted by molar-refractivity contribution is 0.174. The highest BCUT2D eigenvalue weighted by molar-refractivity contribution is 5.68. The van der Waals surface area contributed by atoms with Crippen molar-refractivity contribution < 1.29 is 18.3 Å². The first kappa shape index (κ1) is 10.1. The number of hydrogen-bond acceptors (Lipinski definition) is 2. The third kappa shape index (κ3) is 1.62. The van der Waals surface area contributed by atoms with Gasteiger partial charge in [-0.05, 0) is 23.8 Å². The zero-order valence-electron chi connectivity index (χ0n) is 8.74. The average Bonchev–Trinajstić information content (AvgIpc) is 2.79. The van der Waals surface area contributed by atoms with E-state index in [9.17, 15) is 8.78 Å². The van der Waals surface area contributed by atoms with Crippen molar-refractivity contribution in [2.75, 3.05) is 6.79 Å². The van der Waals surface area contributed by atoms with Crippen LogP contribution in [0.3, 0.4) is 0 Å². The van der Waals surface area contributed by atoms with Crippen LogP contribution in [-0.4, -0.2) is 6.79 Å². The molecule has 1 heterocycles. The standard InChI is InChI=1S/C13H8F2O2/c14-10-3-1-2-9(13(10)15)8-4-5-11-12(6-8)17-7-16-11/h1-6H,7H2. The van der Waals surface area contributed by atoms with Gasteiger partial charge in [0, 0.05) is 5.56 Å². The van der Waals surface area contributed by atoms with Gasteiger partial charge in [-0.2, -0.15) is 0 Å². The van der Waals surface area contributed by atoms with Gasteiger partial charge in [0.1, 0.15) is 0 Å². The molecule has 17 heavy (non-hydrogen) atoms. The number of fused-ring (bicyclic) bond motifs is 1. The van der Waals surface area contributed by atoms with Crippen molar-refractivity contribution in [3.63, 3.8) is 0 Å². The Labute approximate surface area is 96.4 Å². The van der Waals surface area contributed by atoms with Crippen molar-refractivity contribution in [1.82, 2.24) is 0 Å². The Bertz CT molecular complexity index is 582. The van der Waals surface area contributed by atoms with Crippen LogP contribution in [0.1, 0.15) is 0 Å². The van der Waals surface area contributed by atoms with Crippen molar-refractivity contribution in [2.45, 2.75) is 0 Å². The van der Waals surface area contributed by atoms with Crippen LogP contribution in [0, 0.1) is 11.6 Å². The maximum atomic E-state index is 13.6. The van der Waals surface area contributed by atoms with Crippen molar-refractivity contribution in [3.8, 4) is 22.6 Å². The Morgan fingerprint density at radius 3 is 2.65 bits per heavy atom. The molecule has 4 heteroatoms. The Morgan fingerprint density at radius 2 is 1.76 bits per heavy atom. The molecule has 0 aromatic heterocycles. The van der Waals surface area contributed by atoms with Crippen LogP contribution >= 0.6 is 0 Å². The second-order valence-electron chi connectivity index (χ2n) is 3.67. The lowest BCUT2D eigenvalue weighted by Crippen LogP contribution is -1.93. The number of benzene rings is 2. The lowest BCUT2D eigenvalue weighted by atomic mass is 10.0. The normalized spacial score (nSPS) is 12.8. The van der Waals surface area contributed by atoms with E-state index in [1.54, 1.807) is 18.2 Å². The molecule has 1 aliphatic heterocycles. The molecule has 0 spiro atoms. The van der Waals surface area contributed by atoms with Gasteiger partial charge >= 0.3 is 0 Å². The van der Waals surface area contributed by atoms with Crippen LogP contribution in [0.5, 0.6) is 11.5 Å². The van der Waals surface area contributed by atoms with Gasteiger partial charge in [-0.3, -0.25) is 0 Å². The number of hydrogen-bond donors (Lipinski definition) is 0. The van der Waals surface area contributed by atoms with Gasteiger partial charge in [-0.25, -0.2) is 8.78 Å². The Hall–Kier alpha value is -2.10. The maximum Gasteiger partial charge on any atom is 0.231 e. The molecule has 1 aliphatic rings. The Balaban J connectivity index is 2.13. The van der Waals surface area contributed by atoms with Crippen molar-refractivity contribution >= 4 is 0 Å². The summed E-state index contributed by atoms with van der Waals surface area (Å²) in [6, 6.07) is 9.08. The maximum absolute atomic E-state index is 13.6. The van der Waals surface area contributed by atoms with E-state index >= 15 is 0 Å². The smallest absolute Gasteiger partial charge is 0.231 e. The highest BCUT2D eigenvalue weighted by atomic mass is 19.2. The second-order valence-corrected chi connectivity index (χ2v) is 3.67. The van der Waals surface area contributed by atoms with E-state index in [4.69, 9.17) is 9.47 Å². The van der Waals surface area contributed by atoms with E-state index in [2.05, 4.69) is 0 Å². The summed E-state index contributed by atoms with van der Waals surface area (Å²) in [5.41, 5.74) is 0.773. The van der Waals surface area contributed by atoms with Gasteiger partial charge in [-0.15, -0.1) is 0 Å². The summed E-state index contributed by atoms with van der Waals surface area (Å²) in [6.45, 7) is 0.157. The number of rotatable bonds is 1. The van der Waals surface area contributed by atoms with Crippen LogP contribution in [0.25, 0.3) is 11.1 Å². The minimum atomic E-state index is -0.861. The molecule has 3 rings (SSSR count). The summed E-state index contributed by atoms with van der Waals surface area (Å²) in [4.78, 5) is 0. The molecule has 0 amide bonds. The molecule has 2 aromatic carbocycles. The summed E-state index contributed by atoms with van der Waals surface area (Å²) in [5, 5.41) is 0. The fourth-order valence-electron chi connectivity index (χ4n) is 1.79. The molecule has 0 unspecified atom stereocenters. The highest BCUT2D eigenvalue weighted by Gasteiger charge is 2.16. The van der Waals surface area contributed by atoms with E-state index in [0.29, 0.717) is 17.1 Å². The third-order valence-electron chi connectivity index (χ3n) is 2.64. The first-order valence-corrected chi connectivity index (χ1v) is 5.10. The average molecular weight is 234 g/mol. The molecule has 2 aromatic rings. The summed E-state index contributed by atoms with van der Waals surface area (Å²) in [5.74, 6) is -0.553. The molecular weight excluding hydrogens is 226 g/mol. The van der Waals surface area contributed by atoms with Crippen LogP contribution in [0.15, 0.2) is 36.4 Å². The summed E-state index contributed by atoms with van der Waals surface area (Å²) in [6.07, 6.45) is 0. The molecule has 0 fully saturated rings. The fourth-order valence-corrected chi connectivity index (χ4v) is 1.79. The summed E-state index contributed by atoms with van der Waals surface area (Å²) in [7, 11) is 0. The van der Waals surface area contributed by atoms with Crippen LogP contribution < -0.4 is 9.47 Å². The van der Waals surface area contributed by atoms with Crippen molar-refractivity contribution in [2.24, 2.45) is 0 Å². The van der Waals surface area contributed by atoms with E-state index in [-0.39, 0.29) is 12.4 Å². The third-order valence-corrected chi connectivity index (χ3v) is 2.64. The van der Waals surface area contributed by atoms with E-state index < -0.39 is 11.6 Å². The first-order chi connectivity index (χ1) is 8.25. The quantitative estimate of drug-likeness (QED) is 0.753. The zero-order chi connectivity index (χ0) is 11.8. The van der Waals surface area contributed by atoms with Crippen LogP contribution in [0.2, 0.25) is 0 Å². The van der Waals surface area contributed by atoms with E-state index in [1.807, 2.05) is 0 Å². The van der Waals surface area contributed by atoms with E-state index in [0.717, 1.165) is 6.07 Å². The van der Waals surface area contributed by atoms with Crippen molar-refractivity contribution in [3.05, 3.63) is 48.0 Å². The minimum absolute atomic E-state index is 0.157.